The molecule has 1 aliphatic heterocycles. The first-order valence-electron chi connectivity index (χ1n) is 6.40. The van der Waals surface area contributed by atoms with E-state index >= 15 is 0 Å². The summed E-state index contributed by atoms with van der Waals surface area (Å²) in [6.45, 7) is 1.24. The van der Waals surface area contributed by atoms with Crippen molar-refractivity contribution in [3.05, 3.63) is 34.9 Å². The van der Waals surface area contributed by atoms with Crippen molar-refractivity contribution in [1.82, 2.24) is 9.47 Å². The third-order valence-corrected chi connectivity index (χ3v) is 4.53. The zero-order chi connectivity index (χ0) is 13.4. The van der Waals surface area contributed by atoms with Crippen LogP contribution in [0.15, 0.2) is 34.9 Å². The molecule has 0 bridgehead atoms. The van der Waals surface area contributed by atoms with Crippen LogP contribution in [0, 0.1) is 0 Å². The second-order valence-electron chi connectivity index (χ2n) is 4.90. The molecule has 0 radical (unpaired) electrons. The second-order valence-corrected chi connectivity index (χ2v) is 5.75. The third-order valence-electron chi connectivity index (χ3n) is 3.84. The van der Waals surface area contributed by atoms with Gasteiger partial charge in [-0.25, -0.2) is 4.79 Å². The van der Waals surface area contributed by atoms with E-state index in [9.17, 15) is 4.79 Å². The molecule has 3 rings (SSSR count). The van der Waals surface area contributed by atoms with Crippen LogP contribution in [0.1, 0.15) is 18.9 Å². The summed E-state index contributed by atoms with van der Waals surface area (Å²) < 4.78 is 3.38. The fraction of sp³-hybridized carbons (Fsp3) is 0.357. The standard InChI is InChI=1S/C14H15BrN2O2/c15-12-2-1-3-13-11(12)6-9-17(13)10-4-7-16(8-5-10)14(18)19/h1-3,6,9-10H,4-5,7-8H2,(H,18,19). The number of benzene rings is 1. The first-order chi connectivity index (χ1) is 9.16. The topological polar surface area (TPSA) is 45.5 Å². The number of amides is 1. The van der Waals surface area contributed by atoms with Crippen LogP contribution in [0.5, 0.6) is 0 Å². The van der Waals surface area contributed by atoms with Crippen LogP contribution in [0.3, 0.4) is 0 Å². The Morgan fingerprint density at radius 2 is 2.00 bits per heavy atom. The lowest BCUT2D eigenvalue weighted by atomic mass is 10.1. The summed E-state index contributed by atoms with van der Waals surface area (Å²) in [5, 5.41) is 10.2. The largest absolute Gasteiger partial charge is 0.465 e. The van der Waals surface area contributed by atoms with Crippen molar-refractivity contribution < 1.29 is 9.90 Å². The van der Waals surface area contributed by atoms with Crippen LogP contribution in [-0.4, -0.2) is 33.8 Å². The smallest absolute Gasteiger partial charge is 0.407 e. The van der Waals surface area contributed by atoms with Crippen LogP contribution in [0.25, 0.3) is 10.9 Å². The maximum absolute atomic E-state index is 10.9. The molecule has 1 aromatic heterocycles. The van der Waals surface area contributed by atoms with E-state index in [0.29, 0.717) is 19.1 Å². The summed E-state index contributed by atoms with van der Waals surface area (Å²) in [6.07, 6.45) is 3.06. The summed E-state index contributed by atoms with van der Waals surface area (Å²) in [5.74, 6) is 0. The quantitative estimate of drug-likeness (QED) is 0.869. The number of rotatable bonds is 1. The number of carboxylic acid groups (broad SMARTS) is 1. The molecule has 1 fully saturated rings. The van der Waals surface area contributed by atoms with E-state index < -0.39 is 6.09 Å². The van der Waals surface area contributed by atoms with Crippen molar-refractivity contribution in [1.29, 1.82) is 0 Å². The van der Waals surface area contributed by atoms with Gasteiger partial charge < -0.3 is 14.6 Å². The van der Waals surface area contributed by atoms with Crippen LogP contribution in [-0.2, 0) is 0 Å². The van der Waals surface area contributed by atoms with Crippen LogP contribution < -0.4 is 0 Å². The number of nitrogens with zero attached hydrogens (tertiary/aromatic N) is 2. The lowest BCUT2D eigenvalue weighted by Crippen LogP contribution is -2.37. The molecule has 0 spiro atoms. The summed E-state index contributed by atoms with van der Waals surface area (Å²) in [4.78, 5) is 12.4. The number of piperidine rings is 1. The van der Waals surface area contributed by atoms with Crippen molar-refractivity contribution in [2.45, 2.75) is 18.9 Å². The summed E-state index contributed by atoms with van der Waals surface area (Å²) >= 11 is 3.56. The molecule has 0 unspecified atom stereocenters. The minimum atomic E-state index is -0.807. The number of carbonyl (C=O) groups is 1. The molecule has 0 atom stereocenters. The number of halogens is 1. The Kier molecular flexibility index (Phi) is 3.22. The third kappa shape index (κ3) is 2.23. The highest BCUT2D eigenvalue weighted by atomic mass is 79.9. The summed E-state index contributed by atoms with van der Waals surface area (Å²) in [7, 11) is 0. The van der Waals surface area contributed by atoms with E-state index in [4.69, 9.17) is 5.11 Å². The van der Waals surface area contributed by atoms with Gasteiger partial charge in [-0.2, -0.15) is 0 Å². The Bertz CT molecular complexity index is 615. The van der Waals surface area contributed by atoms with Crippen LogP contribution >= 0.6 is 15.9 Å². The molecule has 100 valence electrons. The van der Waals surface area contributed by atoms with Gasteiger partial charge in [-0.1, -0.05) is 22.0 Å². The molecule has 1 saturated heterocycles. The number of likely N-dealkylation sites (tertiary alicyclic amines) is 1. The normalized spacial score (nSPS) is 17.0. The maximum atomic E-state index is 10.9. The predicted octanol–water partition coefficient (Wildman–Crippen LogP) is 3.72. The Hall–Kier alpha value is -1.49. The Morgan fingerprint density at radius 3 is 2.68 bits per heavy atom. The minimum absolute atomic E-state index is 0.391. The average Bonchev–Trinajstić information content (AvgIpc) is 2.84. The predicted molar refractivity (Wildman–Crippen MR) is 77.5 cm³/mol. The van der Waals surface area contributed by atoms with Crippen LogP contribution in [0.4, 0.5) is 4.79 Å². The van der Waals surface area contributed by atoms with Gasteiger partial charge in [0, 0.05) is 40.7 Å². The van der Waals surface area contributed by atoms with E-state index in [1.165, 1.54) is 15.8 Å². The van der Waals surface area contributed by atoms with Gasteiger partial charge >= 0.3 is 6.09 Å². The van der Waals surface area contributed by atoms with Gasteiger partial charge in [-0.05, 0) is 31.0 Å². The zero-order valence-corrected chi connectivity index (χ0v) is 12.0. The summed E-state index contributed by atoms with van der Waals surface area (Å²) in [5.41, 5.74) is 1.21. The maximum Gasteiger partial charge on any atom is 0.407 e. The lowest BCUT2D eigenvalue weighted by molar-refractivity contribution is 0.126. The summed E-state index contributed by atoms with van der Waals surface area (Å²) in [6, 6.07) is 8.70. The molecule has 1 N–H and O–H groups in total. The lowest BCUT2D eigenvalue weighted by Gasteiger charge is -2.31. The highest BCUT2D eigenvalue weighted by Crippen LogP contribution is 2.31. The number of fused-ring (bicyclic) bond motifs is 1. The second kappa shape index (κ2) is 4.89. The minimum Gasteiger partial charge on any atom is -0.465 e. The molecule has 1 amide bonds. The van der Waals surface area contributed by atoms with E-state index in [1.54, 1.807) is 0 Å². The van der Waals surface area contributed by atoms with Crippen molar-refractivity contribution in [3.63, 3.8) is 0 Å². The van der Waals surface area contributed by atoms with E-state index in [2.05, 4.69) is 38.8 Å². The molecule has 5 heteroatoms. The average molecular weight is 323 g/mol. The van der Waals surface area contributed by atoms with Gasteiger partial charge in [-0.15, -0.1) is 0 Å². The van der Waals surface area contributed by atoms with E-state index in [1.807, 2.05) is 12.1 Å². The molecular weight excluding hydrogens is 308 g/mol. The van der Waals surface area contributed by atoms with Gasteiger partial charge in [0.1, 0.15) is 0 Å². The highest BCUT2D eigenvalue weighted by molar-refractivity contribution is 9.10. The molecule has 4 nitrogen and oxygen atoms in total. The van der Waals surface area contributed by atoms with E-state index in [0.717, 1.165) is 17.3 Å². The number of hydrogen-bond donors (Lipinski definition) is 1. The van der Waals surface area contributed by atoms with Gasteiger partial charge in [0.05, 0.1) is 0 Å². The van der Waals surface area contributed by atoms with Crippen LogP contribution in [0.2, 0.25) is 0 Å². The first-order valence-corrected chi connectivity index (χ1v) is 7.19. The van der Waals surface area contributed by atoms with Gasteiger partial charge in [0.25, 0.3) is 0 Å². The van der Waals surface area contributed by atoms with Crippen molar-refractivity contribution >= 4 is 32.9 Å². The molecular formula is C14H15BrN2O2. The molecule has 1 aliphatic rings. The number of aromatic nitrogens is 1. The first kappa shape index (κ1) is 12.5. The van der Waals surface area contributed by atoms with Crippen molar-refractivity contribution in [2.24, 2.45) is 0 Å². The highest BCUT2D eigenvalue weighted by Gasteiger charge is 2.23. The molecule has 19 heavy (non-hydrogen) atoms. The number of hydrogen-bond acceptors (Lipinski definition) is 1. The van der Waals surface area contributed by atoms with E-state index in [-0.39, 0.29) is 0 Å². The monoisotopic (exact) mass is 322 g/mol. The zero-order valence-electron chi connectivity index (χ0n) is 10.4. The molecule has 0 saturated carbocycles. The fourth-order valence-corrected chi connectivity index (χ4v) is 3.29. The SMILES string of the molecule is O=C(O)N1CCC(n2ccc3c(Br)cccc32)CC1. The van der Waals surface area contributed by atoms with Gasteiger partial charge in [0.2, 0.25) is 0 Å². The Balaban J connectivity index is 1.86. The molecule has 2 aromatic rings. The molecule has 0 aliphatic carbocycles. The molecule has 2 heterocycles. The molecule has 1 aromatic carbocycles. The van der Waals surface area contributed by atoms with Gasteiger partial charge in [0.15, 0.2) is 0 Å². The Labute approximate surface area is 119 Å². The van der Waals surface area contributed by atoms with Crippen molar-refractivity contribution in [3.8, 4) is 0 Å². The fourth-order valence-electron chi connectivity index (χ4n) is 2.80. The van der Waals surface area contributed by atoms with Gasteiger partial charge in [-0.3, -0.25) is 0 Å². The Morgan fingerprint density at radius 1 is 1.26 bits per heavy atom. The van der Waals surface area contributed by atoms with Crippen molar-refractivity contribution in [2.75, 3.05) is 13.1 Å².